The number of carbonyl (C=O) groups is 3. The molecule has 0 aliphatic carbocycles. The lowest BCUT2D eigenvalue weighted by Gasteiger charge is -2.18. The van der Waals surface area contributed by atoms with E-state index in [1.165, 1.54) is 250 Å². The van der Waals surface area contributed by atoms with E-state index in [0.29, 0.717) is 19.3 Å². The summed E-state index contributed by atoms with van der Waals surface area (Å²) < 4.78 is 16.9. The van der Waals surface area contributed by atoms with Crippen molar-refractivity contribution in [3.63, 3.8) is 0 Å². The zero-order chi connectivity index (χ0) is 56.4. The third kappa shape index (κ3) is 64.2. The molecule has 0 fully saturated rings. The van der Waals surface area contributed by atoms with Gasteiger partial charge in [-0.15, -0.1) is 0 Å². The smallest absolute Gasteiger partial charge is 0.306 e. The highest BCUT2D eigenvalue weighted by Crippen LogP contribution is 2.18. The first-order valence-electron chi connectivity index (χ1n) is 34.6. The molecule has 0 saturated carbocycles. The van der Waals surface area contributed by atoms with Gasteiger partial charge in [0.05, 0.1) is 0 Å². The molecule has 1 atom stereocenters. The van der Waals surface area contributed by atoms with Gasteiger partial charge in [-0.3, -0.25) is 14.4 Å². The SMILES string of the molecule is CC/C=C\C/C=C\C/C=C\CCCCCC(=O)OC(COC(=O)CCCCCCCCCCCCCC)COC(=O)CCCCCCCCCCCCCCCCCCCCCCCCC/C=C\CCCCCCCCCC. The first-order chi connectivity index (χ1) is 38.5. The van der Waals surface area contributed by atoms with Crippen molar-refractivity contribution in [2.45, 2.75) is 380 Å². The van der Waals surface area contributed by atoms with Gasteiger partial charge in [0.15, 0.2) is 6.10 Å². The fourth-order valence-electron chi connectivity index (χ4n) is 10.4. The van der Waals surface area contributed by atoms with Crippen LogP contribution in [-0.4, -0.2) is 37.2 Å². The van der Waals surface area contributed by atoms with Crippen molar-refractivity contribution in [2.75, 3.05) is 13.2 Å². The molecule has 0 rings (SSSR count). The van der Waals surface area contributed by atoms with Crippen molar-refractivity contribution >= 4 is 17.9 Å². The van der Waals surface area contributed by atoms with E-state index in [1.807, 2.05) is 0 Å². The second-order valence-corrected chi connectivity index (χ2v) is 23.4. The molecular weight excluding hydrogens is 961 g/mol. The molecule has 0 aliphatic rings. The minimum Gasteiger partial charge on any atom is -0.462 e. The third-order valence-corrected chi connectivity index (χ3v) is 15.6. The number of carbonyl (C=O) groups excluding carboxylic acids is 3. The molecular formula is C72H132O6. The average Bonchev–Trinajstić information content (AvgIpc) is 3.44. The fraction of sp³-hybridized carbons (Fsp3) is 0.847. The maximum atomic E-state index is 12.8. The molecule has 78 heavy (non-hydrogen) atoms. The van der Waals surface area contributed by atoms with Crippen LogP contribution in [0.15, 0.2) is 48.6 Å². The summed E-state index contributed by atoms with van der Waals surface area (Å²) in [7, 11) is 0. The monoisotopic (exact) mass is 1090 g/mol. The Morgan fingerprint density at radius 3 is 0.808 bits per heavy atom. The molecule has 1 unspecified atom stereocenters. The van der Waals surface area contributed by atoms with E-state index in [0.717, 1.165) is 83.5 Å². The lowest BCUT2D eigenvalue weighted by Crippen LogP contribution is -2.30. The highest BCUT2D eigenvalue weighted by atomic mass is 16.6. The van der Waals surface area contributed by atoms with Crippen molar-refractivity contribution in [2.24, 2.45) is 0 Å². The quantitative estimate of drug-likeness (QED) is 0.0261. The first kappa shape index (κ1) is 75.4. The van der Waals surface area contributed by atoms with E-state index in [9.17, 15) is 14.4 Å². The summed E-state index contributed by atoms with van der Waals surface area (Å²) in [4.78, 5) is 38.2. The second-order valence-electron chi connectivity index (χ2n) is 23.4. The molecule has 0 bridgehead atoms. The lowest BCUT2D eigenvalue weighted by atomic mass is 10.0. The van der Waals surface area contributed by atoms with Gasteiger partial charge >= 0.3 is 17.9 Å². The van der Waals surface area contributed by atoms with Crippen molar-refractivity contribution < 1.29 is 28.6 Å². The van der Waals surface area contributed by atoms with Crippen LogP contribution >= 0.6 is 0 Å². The Bertz CT molecular complexity index is 1350. The van der Waals surface area contributed by atoms with Crippen LogP contribution in [0.5, 0.6) is 0 Å². The molecule has 0 saturated heterocycles. The van der Waals surface area contributed by atoms with Gasteiger partial charge in [-0.05, 0) is 77.0 Å². The molecule has 0 aromatic rings. The number of hydrogen-bond acceptors (Lipinski definition) is 6. The van der Waals surface area contributed by atoms with Gasteiger partial charge in [-0.1, -0.05) is 326 Å². The average molecular weight is 1090 g/mol. The van der Waals surface area contributed by atoms with E-state index in [4.69, 9.17) is 14.2 Å². The topological polar surface area (TPSA) is 78.9 Å². The summed E-state index contributed by atoms with van der Waals surface area (Å²) in [5, 5.41) is 0. The summed E-state index contributed by atoms with van der Waals surface area (Å²) in [6.07, 6.45) is 84.6. The summed E-state index contributed by atoms with van der Waals surface area (Å²) in [6.45, 7) is 6.55. The Kier molecular flexibility index (Phi) is 64.6. The number of unbranched alkanes of at least 4 members (excludes halogenated alkanes) is 45. The van der Waals surface area contributed by atoms with Gasteiger partial charge in [-0.25, -0.2) is 0 Å². The normalized spacial score (nSPS) is 12.3. The summed E-state index contributed by atoms with van der Waals surface area (Å²) in [6, 6.07) is 0. The molecule has 0 aromatic carbocycles. The zero-order valence-electron chi connectivity index (χ0n) is 52.5. The molecule has 0 spiro atoms. The summed E-state index contributed by atoms with van der Waals surface area (Å²) in [5.41, 5.74) is 0. The Morgan fingerprint density at radius 1 is 0.269 bits per heavy atom. The molecule has 0 N–H and O–H groups in total. The minimum absolute atomic E-state index is 0.0802. The molecule has 0 amide bonds. The first-order valence-corrected chi connectivity index (χ1v) is 34.6. The van der Waals surface area contributed by atoms with Crippen LogP contribution < -0.4 is 0 Å². The standard InChI is InChI=1S/C72H132O6/c1-4-7-10-13-16-19-22-25-26-27-28-29-30-31-32-33-34-35-36-37-38-39-40-41-42-43-44-45-46-48-50-53-56-59-62-65-71(74)77-68-69(67-76-70(73)64-61-58-55-52-49-24-21-18-15-12-9-6-3)78-72(75)66-63-60-57-54-51-47-23-20-17-14-11-8-5-2/h8,11,17,20,27-28,47,51,69H,4-7,9-10,12-16,18-19,21-26,29-46,48-50,52-68H2,1-3H3/b11-8-,20-17-,28-27-,51-47-. The van der Waals surface area contributed by atoms with Gasteiger partial charge in [0.25, 0.3) is 0 Å². The van der Waals surface area contributed by atoms with Crippen molar-refractivity contribution in [3.8, 4) is 0 Å². The van der Waals surface area contributed by atoms with Gasteiger partial charge in [-0.2, -0.15) is 0 Å². The predicted molar refractivity (Wildman–Crippen MR) is 339 cm³/mol. The molecule has 6 heteroatoms. The highest BCUT2D eigenvalue weighted by Gasteiger charge is 2.19. The van der Waals surface area contributed by atoms with Crippen LogP contribution in [0.3, 0.4) is 0 Å². The number of allylic oxidation sites excluding steroid dienone is 8. The third-order valence-electron chi connectivity index (χ3n) is 15.6. The number of esters is 3. The van der Waals surface area contributed by atoms with Crippen LogP contribution in [0.2, 0.25) is 0 Å². The van der Waals surface area contributed by atoms with Gasteiger partial charge in [0.1, 0.15) is 13.2 Å². The second kappa shape index (κ2) is 66.9. The van der Waals surface area contributed by atoms with Crippen LogP contribution in [-0.2, 0) is 28.6 Å². The van der Waals surface area contributed by atoms with Crippen LogP contribution in [0.4, 0.5) is 0 Å². The van der Waals surface area contributed by atoms with Crippen molar-refractivity contribution in [1.29, 1.82) is 0 Å². The summed E-state index contributed by atoms with van der Waals surface area (Å²) >= 11 is 0. The molecule has 456 valence electrons. The maximum absolute atomic E-state index is 12.8. The number of ether oxygens (including phenoxy) is 3. The van der Waals surface area contributed by atoms with Crippen molar-refractivity contribution in [3.05, 3.63) is 48.6 Å². The summed E-state index contributed by atoms with van der Waals surface area (Å²) in [5.74, 6) is -0.890. The van der Waals surface area contributed by atoms with Crippen LogP contribution in [0.25, 0.3) is 0 Å². The number of rotatable bonds is 64. The van der Waals surface area contributed by atoms with Gasteiger partial charge < -0.3 is 14.2 Å². The highest BCUT2D eigenvalue weighted by molar-refractivity contribution is 5.71. The zero-order valence-corrected chi connectivity index (χ0v) is 52.5. The van der Waals surface area contributed by atoms with Gasteiger partial charge in [0.2, 0.25) is 0 Å². The Balaban J connectivity index is 4.01. The van der Waals surface area contributed by atoms with Crippen LogP contribution in [0, 0.1) is 0 Å². The molecule has 6 nitrogen and oxygen atoms in total. The Hall–Kier alpha value is -2.63. The van der Waals surface area contributed by atoms with E-state index < -0.39 is 6.10 Å². The van der Waals surface area contributed by atoms with E-state index in [1.54, 1.807) is 0 Å². The minimum atomic E-state index is -0.785. The maximum Gasteiger partial charge on any atom is 0.306 e. The van der Waals surface area contributed by atoms with E-state index in [-0.39, 0.29) is 31.1 Å². The molecule has 0 aliphatic heterocycles. The molecule has 0 aromatic heterocycles. The largest absolute Gasteiger partial charge is 0.462 e. The van der Waals surface area contributed by atoms with Crippen molar-refractivity contribution in [1.82, 2.24) is 0 Å². The lowest BCUT2D eigenvalue weighted by molar-refractivity contribution is -0.167. The Labute approximate surface area is 486 Å². The van der Waals surface area contributed by atoms with E-state index >= 15 is 0 Å². The predicted octanol–water partition coefficient (Wildman–Crippen LogP) is 23.7. The fourth-order valence-corrected chi connectivity index (χ4v) is 10.4. The van der Waals surface area contributed by atoms with E-state index in [2.05, 4.69) is 69.4 Å². The molecule has 0 radical (unpaired) electrons. The number of hydrogen-bond donors (Lipinski definition) is 0. The van der Waals surface area contributed by atoms with Crippen LogP contribution in [0.1, 0.15) is 374 Å². The molecule has 0 heterocycles. The van der Waals surface area contributed by atoms with Gasteiger partial charge in [0, 0.05) is 19.3 Å². The Morgan fingerprint density at radius 2 is 0.500 bits per heavy atom.